The number of hydrogen-bond acceptors (Lipinski definition) is 6. The molecule has 2 atom stereocenters. The minimum atomic E-state index is -4.20. The first-order valence-electron chi connectivity index (χ1n) is 6.60. The number of nitrogens with two attached hydrogens (primary N) is 1. The van der Waals surface area contributed by atoms with Crippen LogP contribution in [0.15, 0.2) is 14.5 Å². The molecule has 0 aromatic carbocycles. The number of nitrogens with one attached hydrogen (secondary N) is 1. The Kier molecular flexibility index (Phi) is 3.11. The fraction of sp³-hybridized carbons (Fsp3) is 0.600. The van der Waals surface area contributed by atoms with E-state index in [1.54, 1.807) is 6.92 Å². The minimum absolute atomic E-state index is 0.0527. The molecule has 0 fully saturated rings. The van der Waals surface area contributed by atoms with E-state index in [2.05, 4.69) is 5.32 Å². The van der Waals surface area contributed by atoms with E-state index in [0.717, 1.165) is 0 Å². The Morgan fingerprint density at radius 1 is 1.68 bits per heavy atom. The van der Waals surface area contributed by atoms with Crippen LogP contribution in [-0.4, -0.2) is 28.6 Å². The Balaban J connectivity index is 2.86. The molecule has 19 heavy (non-hydrogen) atoms. The predicted octanol–water partition coefficient (Wildman–Crippen LogP) is 0.612. The van der Waals surface area contributed by atoms with Crippen LogP contribution in [-0.2, 0) is 19.9 Å². The number of primary sulfonamides is 1. The van der Waals surface area contributed by atoms with Gasteiger partial charge in [-0.15, -0.1) is 11.3 Å². The Morgan fingerprint density at radius 2 is 2.32 bits per heavy atom. The fourth-order valence-electron chi connectivity index (χ4n) is 1.90. The normalized spacial score (nSPS) is 31.4. The summed E-state index contributed by atoms with van der Waals surface area (Å²) in [5.74, 6) is 0. The first kappa shape index (κ1) is 12.3. The van der Waals surface area contributed by atoms with Gasteiger partial charge in [0, 0.05) is 11.6 Å². The number of rotatable bonds is 3. The van der Waals surface area contributed by atoms with Crippen LogP contribution in [0.1, 0.15) is 34.6 Å². The molecule has 0 spiro atoms. The van der Waals surface area contributed by atoms with Gasteiger partial charge in [-0.05, 0) is 25.9 Å². The molecule has 0 radical (unpaired) electrons. The van der Waals surface area contributed by atoms with E-state index in [1.165, 1.54) is 6.92 Å². The van der Waals surface area contributed by atoms with Gasteiger partial charge in [-0.1, -0.05) is 6.92 Å². The first-order chi connectivity index (χ1) is 9.45. The molecule has 2 rings (SSSR count). The van der Waals surface area contributed by atoms with Crippen LogP contribution in [0, 0.1) is 0 Å². The van der Waals surface area contributed by atoms with E-state index in [-0.39, 0.29) is 16.2 Å². The second-order valence-electron chi connectivity index (χ2n) is 4.29. The standard InChI is InChI=1S/C10H16N2O4S3/c1-3-12-8-4-6(2)18(13,14)10-7(8)5-9(17-10)19(11,15)16/h5-6,8,12H,3-4H2,1-2H3,(H2,11,15,16)/t6-,8-/m0/s1/i5D,8D. The summed E-state index contributed by atoms with van der Waals surface area (Å²) in [5.41, 5.74) is -0.114. The van der Waals surface area contributed by atoms with Gasteiger partial charge in [-0.25, -0.2) is 22.0 Å². The van der Waals surface area contributed by atoms with Crippen molar-refractivity contribution in [3.63, 3.8) is 0 Å². The average Bonchev–Trinajstić information content (AvgIpc) is 2.66. The van der Waals surface area contributed by atoms with Gasteiger partial charge >= 0.3 is 0 Å². The van der Waals surface area contributed by atoms with Gasteiger partial charge < -0.3 is 5.32 Å². The van der Waals surface area contributed by atoms with Crippen LogP contribution >= 0.6 is 11.3 Å². The molecule has 2 heterocycles. The van der Waals surface area contributed by atoms with Gasteiger partial charge in [0.2, 0.25) is 10.0 Å². The summed E-state index contributed by atoms with van der Waals surface area (Å²) < 4.78 is 63.4. The van der Waals surface area contributed by atoms with E-state index >= 15 is 0 Å². The zero-order chi connectivity index (χ0) is 16.2. The second kappa shape index (κ2) is 4.81. The third-order valence-corrected chi connectivity index (χ3v) is 7.98. The lowest BCUT2D eigenvalue weighted by Crippen LogP contribution is -2.33. The molecule has 1 aliphatic heterocycles. The zero-order valence-corrected chi connectivity index (χ0v) is 12.9. The van der Waals surface area contributed by atoms with E-state index in [4.69, 9.17) is 7.88 Å². The summed E-state index contributed by atoms with van der Waals surface area (Å²) in [5, 5.41) is 7.05. The minimum Gasteiger partial charge on any atom is -0.310 e. The Morgan fingerprint density at radius 3 is 2.84 bits per heavy atom. The van der Waals surface area contributed by atoms with Crippen LogP contribution in [0.25, 0.3) is 0 Å². The first-order valence-corrected chi connectivity index (χ1v) is 9.51. The molecule has 9 heteroatoms. The van der Waals surface area contributed by atoms with Crippen LogP contribution in [0.2, 0.25) is 0 Å². The van der Waals surface area contributed by atoms with Gasteiger partial charge in [-0.2, -0.15) is 0 Å². The quantitative estimate of drug-likeness (QED) is 0.846. The smallest absolute Gasteiger partial charge is 0.247 e. The maximum Gasteiger partial charge on any atom is 0.247 e. The molecule has 0 aliphatic carbocycles. The third kappa shape index (κ3) is 2.57. The summed E-state index contributed by atoms with van der Waals surface area (Å²) in [4.78, 5) is 0. The summed E-state index contributed by atoms with van der Waals surface area (Å²) in [6, 6.07) is -2.00. The van der Waals surface area contributed by atoms with Crippen molar-refractivity contribution >= 4 is 31.2 Å². The molecule has 0 amide bonds. The molecular weight excluding hydrogens is 308 g/mol. The van der Waals surface area contributed by atoms with E-state index < -0.39 is 41.4 Å². The van der Waals surface area contributed by atoms with E-state index in [1.807, 2.05) is 0 Å². The van der Waals surface area contributed by atoms with Gasteiger partial charge in [0.25, 0.3) is 0 Å². The van der Waals surface area contributed by atoms with Crippen LogP contribution in [0.3, 0.4) is 0 Å². The highest BCUT2D eigenvalue weighted by Crippen LogP contribution is 2.42. The van der Waals surface area contributed by atoms with Crippen molar-refractivity contribution in [1.29, 1.82) is 0 Å². The van der Waals surface area contributed by atoms with Crippen molar-refractivity contribution in [2.24, 2.45) is 5.14 Å². The summed E-state index contributed by atoms with van der Waals surface area (Å²) in [7, 11) is -7.96. The summed E-state index contributed by atoms with van der Waals surface area (Å²) >= 11 is 0.459. The molecule has 108 valence electrons. The third-order valence-electron chi connectivity index (χ3n) is 2.85. The monoisotopic (exact) mass is 326 g/mol. The molecular formula is C10H16N2O4S3. The maximum atomic E-state index is 12.4. The van der Waals surface area contributed by atoms with Crippen molar-refractivity contribution in [1.82, 2.24) is 5.32 Å². The number of fused-ring (bicyclic) bond motifs is 1. The average molecular weight is 326 g/mol. The lowest BCUT2D eigenvalue weighted by Gasteiger charge is -2.27. The number of hydrogen-bond donors (Lipinski definition) is 2. The molecule has 0 bridgehead atoms. The Labute approximate surface area is 119 Å². The number of sulfonamides is 1. The number of thiophene rings is 1. The molecule has 1 aromatic rings. The van der Waals surface area contributed by atoms with Crippen molar-refractivity contribution in [3.05, 3.63) is 11.6 Å². The maximum absolute atomic E-state index is 12.4. The predicted molar refractivity (Wildman–Crippen MR) is 73.4 cm³/mol. The van der Waals surface area contributed by atoms with E-state index in [0.29, 0.717) is 17.9 Å². The molecule has 1 aliphatic rings. The van der Waals surface area contributed by atoms with Crippen molar-refractivity contribution in [3.8, 4) is 0 Å². The van der Waals surface area contributed by atoms with Crippen LogP contribution < -0.4 is 10.5 Å². The molecule has 0 unspecified atom stereocenters. The number of sulfone groups is 1. The fourth-order valence-corrected chi connectivity index (χ4v) is 6.03. The largest absolute Gasteiger partial charge is 0.310 e. The summed E-state index contributed by atoms with van der Waals surface area (Å²) in [6.45, 7) is 3.61. The second-order valence-corrected chi connectivity index (χ2v) is 9.63. The van der Waals surface area contributed by atoms with E-state index in [9.17, 15) is 16.8 Å². The molecule has 1 aromatic heterocycles. The topological polar surface area (TPSA) is 106 Å². The summed E-state index contributed by atoms with van der Waals surface area (Å²) in [6.07, 6.45) is -0.0527. The molecule has 6 nitrogen and oxygen atoms in total. The van der Waals surface area contributed by atoms with Crippen molar-refractivity contribution in [2.75, 3.05) is 6.54 Å². The molecule has 3 N–H and O–H groups in total. The van der Waals surface area contributed by atoms with Crippen LogP contribution in [0.5, 0.6) is 0 Å². The van der Waals surface area contributed by atoms with Crippen LogP contribution in [0.4, 0.5) is 0 Å². The van der Waals surface area contributed by atoms with Gasteiger partial charge in [-0.3, -0.25) is 0 Å². The highest BCUT2D eigenvalue weighted by Gasteiger charge is 2.39. The lowest BCUT2D eigenvalue weighted by molar-refractivity contribution is 0.477. The zero-order valence-electron chi connectivity index (χ0n) is 12.4. The van der Waals surface area contributed by atoms with Gasteiger partial charge in [0.1, 0.15) is 8.42 Å². The Hall–Kier alpha value is -0.480. The highest BCUT2D eigenvalue weighted by atomic mass is 32.3. The Bertz CT molecular complexity index is 787. The van der Waals surface area contributed by atoms with Gasteiger partial charge in [0.15, 0.2) is 9.84 Å². The molecule has 0 saturated heterocycles. The lowest BCUT2D eigenvalue weighted by atomic mass is 10.1. The van der Waals surface area contributed by atoms with Crippen molar-refractivity contribution in [2.45, 2.75) is 40.0 Å². The molecule has 0 saturated carbocycles. The highest BCUT2D eigenvalue weighted by molar-refractivity contribution is 7.95. The van der Waals surface area contributed by atoms with Gasteiger partial charge in [0.05, 0.1) is 7.99 Å². The van der Waals surface area contributed by atoms with Crippen molar-refractivity contribution < 1.29 is 19.6 Å². The SMILES string of the molecule is [2H]c1c(S(N)(=O)=O)sc2c1[C@@]([2H])(NCC)C[C@H](C)S2(=O)=O.